The van der Waals surface area contributed by atoms with Crippen LogP contribution in [0.25, 0.3) is 5.73 Å². The summed E-state index contributed by atoms with van der Waals surface area (Å²) in [6.07, 6.45) is 0. The molecular formula is C15H27Cl2NSiZr. The Hall–Kier alpha value is 0.860. The molecule has 0 bridgehead atoms. The van der Waals surface area contributed by atoms with E-state index in [9.17, 15) is 0 Å². The second-order valence-electron chi connectivity index (χ2n) is 5.70. The quantitative estimate of drug-likeness (QED) is 0.401. The minimum absolute atomic E-state index is 0. The van der Waals surface area contributed by atoms with Gasteiger partial charge in [0.15, 0.2) is 0 Å². The number of nitrogens with one attached hydrogen (secondary N) is 1. The fourth-order valence-electron chi connectivity index (χ4n) is 1.85. The summed E-state index contributed by atoms with van der Waals surface area (Å²) >= 11 is 0. The molecular weight excluding hydrogens is 384 g/mol. The van der Waals surface area contributed by atoms with E-state index in [-0.39, 0.29) is 65.0 Å². The molecule has 0 aliphatic rings. The van der Waals surface area contributed by atoms with Gasteiger partial charge in [-0.25, -0.2) is 0 Å². The molecule has 114 valence electrons. The Bertz CT molecular complexity index is 380. The van der Waals surface area contributed by atoms with E-state index in [0.29, 0.717) is 0 Å². The van der Waals surface area contributed by atoms with Crippen LogP contribution in [-0.4, -0.2) is 19.6 Å². The third-order valence-corrected chi connectivity index (χ3v) is 4.13. The van der Waals surface area contributed by atoms with Gasteiger partial charge in [0.1, 0.15) is 0 Å². The van der Waals surface area contributed by atoms with E-state index >= 15 is 0 Å². The third-order valence-electron chi connectivity index (χ3n) is 2.83. The van der Waals surface area contributed by atoms with Gasteiger partial charge in [0, 0.05) is 0 Å². The summed E-state index contributed by atoms with van der Waals surface area (Å²) in [4.78, 5) is 0. The molecule has 0 fully saturated rings. The molecule has 0 aromatic heterocycles. The van der Waals surface area contributed by atoms with Crippen LogP contribution in [0.1, 0.15) is 36.1 Å². The Balaban J connectivity index is -0.000000112. The molecule has 0 atom stereocenters. The molecule has 1 rings (SSSR count). The predicted molar refractivity (Wildman–Crippen MR) is 82.9 cm³/mol. The molecule has 5 heteroatoms. The van der Waals surface area contributed by atoms with Crippen molar-refractivity contribution < 1.29 is 51.0 Å². The molecule has 0 amide bonds. The maximum absolute atomic E-state index is 7.43. The van der Waals surface area contributed by atoms with Crippen LogP contribution in [0.15, 0.2) is 6.07 Å². The molecule has 1 N–H and O–H groups in total. The van der Waals surface area contributed by atoms with Gasteiger partial charge in [0.05, 0.1) is 0 Å². The molecule has 0 spiro atoms. The molecule has 0 aliphatic carbocycles. The second-order valence-corrected chi connectivity index (χ2v) is 8.15. The zero-order chi connectivity index (χ0) is 13.8. The SMILES string of the molecule is C[Si](C)=CC(C)(C)[NH-].Cc1c[c-](C)c(C)c1C.[Cl-].[Cl-].[Zr+4]. The molecule has 0 unspecified atom stereocenters. The van der Waals surface area contributed by atoms with Crippen molar-refractivity contribution in [1.82, 2.24) is 0 Å². The molecule has 0 heterocycles. The van der Waals surface area contributed by atoms with E-state index in [4.69, 9.17) is 5.73 Å². The van der Waals surface area contributed by atoms with Gasteiger partial charge < -0.3 is 30.5 Å². The zero-order valence-corrected chi connectivity index (χ0v) is 18.9. The predicted octanol–water partition coefficient (Wildman–Crippen LogP) is -1.40. The molecule has 1 nitrogen and oxygen atoms in total. The van der Waals surface area contributed by atoms with Crippen molar-refractivity contribution in [1.29, 1.82) is 0 Å². The van der Waals surface area contributed by atoms with Gasteiger partial charge >= 0.3 is 26.2 Å². The molecule has 0 aliphatic heterocycles. The van der Waals surface area contributed by atoms with E-state index < -0.39 is 0 Å². The average molecular weight is 412 g/mol. The van der Waals surface area contributed by atoms with Crippen LogP contribution in [0.3, 0.4) is 0 Å². The van der Waals surface area contributed by atoms with Crippen LogP contribution in [0, 0.1) is 27.7 Å². The maximum atomic E-state index is 7.43. The van der Waals surface area contributed by atoms with Crippen LogP contribution in [0.5, 0.6) is 0 Å². The molecule has 0 saturated heterocycles. The summed E-state index contributed by atoms with van der Waals surface area (Å²) in [5.74, 6) is 0. The summed E-state index contributed by atoms with van der Waals surface area (Å²) in [6.45, 7) is 16.9. The van der Waals surface area contributed by atoms with E-state index in [2.05, 4.69) is 52.5 Å². The third kappa shape index (κ3) is 12.6. The fourth-order valence-corrected chi connectivity index (χ4v) is 3.30. The number of aryl methyl sites for hydroxylation is 2. The van der Waals surface area contributed by atoms with Gasteiger partial charge in [-0.2, -0.15) is 28.3 Å². The Kier molecular flexibility index (Phi) is 18.0. The average Bonchev–Trinajstić information content (AvgIpc) is 2.30. The molecule has 1 aromatic rings. The van der Waals surface area contributed by atoms with Crippen molar-refractivity contribution in [2.75, 3.05) is 0 Å². The number of hydrogen-bond donors (Lipinski definition) is 0. The van der Waals surface area contributed by atoms with Crippen molar-refractivity contribution in [2.24, 2.45) is 0 Å². The summed E-state index contributed by atoms with van der Waals surface area (Å²) < 4.78 is 0. The molecule has 0 radical (unpaired) electrons. The zero-order valence-electron chi connectivity index (χ0n) is 13.9. The molecule has 20 heavy (non-hydrogen) atoms. The first kappa shape index (κ1) is 28.9. The normalized spacial score (nSPS) is 9.05. The van der Waals surface area contributed by atoms with E-state index in [1.165, 1.54) is 22.3 Å². The molecule has 0 saturated carbocycles. The summed E-state index contributed by atoms with van der Waals surface area (Å²) in [7, 11) is -0.305. The Morgan fingerprint density at radius 3 is 1.60 bits per heavy atom. The van der Waals surface area contributed by atoms with Gasteiger partial charge in [-0.15, -0.1) is 11.2 Å². The van der Waals surface area contributed by atoms with Gasteiger partial charge in [-0.3, -0.25) is 0 Å². The fraction of sp³-hybridized carbons (Fsp3) is 0.600. The van der Waals surface area contributed by atoms with Gasteiger partial charge in [-0.05, 0) is 8.41 Å². The summed E-state index contributed by atoms with van der Waals surface area (Å²) in [6, 6.07) is 2.24. The number of hydrogen-bond acceptors (Lipinski definition) is 0. The standard InChI is InChI=1S/C9H13.C6H14NSi.2ClH.Zr/c1-6-5-7(2)9(4)8(6)3;1-6(2,7)5-8(3)4;;;/h5H,1-4H3;5,7H,1-4H3;2*1H;/q2*-1;;;+4/p-2. The second kappa shape index (κ2) is 12.4. The van der Waals surface area contributed by atoms with Crippen LogP contribution in [-0.2, 0) is 26.2 Å². The largest absolute Gasteiger partial charge is 4.00 e. The monoisotopic (exact) mass is 409 g/mol. The number of rotatable bonds is 1. The van der Waals surface area contributed by atoms with Crippen LogP contribution < -0.4 is 24.8 Å². The summed E-state index contributed by atoms with van der Waals surface area (Å²) in [5, 5.41) is 0. The topological polar surface area (TPSA) is 23.8 Å². The minimum Gasteiger partial charge on any atom is -1.00 e. The van der Waals surface area contributed by atoms with Crippen molar-refractivity contribution >= 4 is 14.1 Å². The first-order chi connectivity index (χ1) is 7.54. The van der Waals surface area contributed by atoms with Crippen LogP contribution in [0.2, 0.25) is 13.1 Å². The van der Waals surface area contributed by atoms with Crippen molar-refractivity contribution in [3.63, 3.8) is 0 Å². The van der Waals surface area contributed by atoms with Crippen LogP contribution in [0.4, 0.5) is 0 Å². The van der Waals surface area contributed by atoms with Crippen molar-refractivity contribution in [2.45, 2.75) is 60.2 Å². The van der Waals surface area contributed by atoms with E-state index in [1.54, 1.807) is 0 Å². The van der Waals surface area contributed by atoms with Gasteiger partial charge in [-0.1, -0.05) is 54.6 Å². The number of halogens is 2. The van der Waals surface area contributed by atoms with E-state index in [1.807, 2.05) is 13.8 Å². The smallest absolute Gasteiger partial charge is 1.00 e. The van der Waals surface area contributed by atoms with E-state index in [0.717, 1.165) is 0 Å². The molecule has 1 aromatic carbocycles. The Labute approximate surface area is 158 Å². The van der Waals surface area contributed by atoms with Gasteiger partial charge in [0.2, 0.25) is 0 Å². The minimum atomic E-state index is -0.308. The van der Waals surface area contributed by atoms with Crippen molar-refractivity contribution in [3.8, 4) is 0 Å². The van der Waals surface area contributed by atoms with Crippen LogP contribution >= 0.6 is 0 Å². The van der Waals surface area contributed by atoms with Gasteiger partial charge in [0.25, 0.3) is 0 Å². The first-order valence-corrected chi connectivity index (χ1v) is 8.73. The Morgan fingerprint density at radius 1 is 1.15 bits per heavy atom. The first-order valence-electron chi connectivity index (χ1n) is 6.15. The maximum Gasteiger partial charge on any atom is 4.00 e. The Morgan fingerprint density at radius 2 is 1.55 bits per heavy atom. The van der Waals surface area contributed by atoms with Crippen molar-refractivity contribution in [3.05, 3.63) is 34.1 Å². The summed E-state index contributed by atoms with van der Waals surface area (Å²) in [5.41, 5.74) is 15.0.